The molecule has 4 heteroatoms. The molecule has 4 nitrogen and oxygen atoms in total. The van der Waals surface area contributed by atoms with Crippen molar-refractivity contribution in [1.29, 1.82) is 0 Å². The minimum Gasteiger partial charge on any atom is -0.384 e. The molecule has 94 valence electrons. The molecule has 0 radical (unpaired) electrons. The fraction of sp³-hybridized carbons (Fsp3) is 0.286. The van der Waals surface area contributed by atoms with E-state index < -0.39 is 0 Å². The Kier molecular flexibility index (Phi) is 3.77. The standard InChI is InChI=1S/C14H18N4/c1-3-9-18(2)13-10-12(15)16-14(17-13)11-7-5-4-6-8-11/h4-8,10H,3,9H2,1-2H3,(H2,15,16,17). The van der Waals surface area contributed by atoms with Crippen molar-refractivity contribution >= 4 is 11.6 Å². The highest BCUT2D eigenvalue weighted by Gasteiger charge is 2.07. The van der Waals surface area contributed by atoms with Gasteiger partial charge in [0.1, 0.15) is 11.6 Å². The molecule has 2 aromatic rings. The molecule has 0 spiro atoms. The van der Waals surface area contributed by atoms with E-state index in [1.54, 1.807) is 0 Å². The van der Waals surface area contributed by atoms with E-state index in [0.717, 1.165) is 24.3 Å². The summed E-state index contributed by atoms with van der Waals surface area (Å²) in [4.78, 5) is 10.9. The van der Waals surface area contributed by atoms with E-state index >= 15 is 0 Å². The van der Waals surface area contributed by atoms with Crippen LogP contribution in [0.5, 0.6) is 0 Å². The van der Waals surface area contributed by atoms with E-state index in [1.165, 1.54) is 0 Å². The maximum Gasteiger partial charge on any atom is 0.163 e. The lowest BCUT2D eigenvalue weighted by molar-refractivity contribution is 0.836. The summed E-state index contributed by atoms with van der Waals surface area (Å²) in [5.41, 5.74) is 6.84. The van der Waals surface area contributed by atoms with Gasteiger partial charge in [-0.05, 0) is 6.42 Å². The van der Waals surface area contributed by atoms with Crippen molar-refractivity contribution < 1.29 is 0 Å². The molecule has 0 unspecified atom stereocenters. The first kappa shape index (κ1) is 12.4. The Morgan fingerprint density at radius 1 is 1.17 bits per heavy atom. The maximum absolute atomic E-state index is 5.85. The number of nitrogen functional groups attached to an aromatic ring is 1. The number of anilines is 2. The number of hydrogen-bond acceptors (Lipinski definition) is 4. The highest BCUT2D eigenvalue weighted by atomic mass is 15.2. The SMILES string of the molecule is CCCN(C)c1cc(N)nc(-c2ccccc2)n1. The molecule has 2 rings (SSSR count). The number of nitrogens with zero attached hydrogens (tertiary/aromatic N) is 3. The van der Waals surface area contributed by atoms with E-state index in [-0.39, 0.29) is 0 Å². The zero-order valence-electron chi connectivity index (χ0n) is 10.8. The zero-order valence-corrected chi connectivity index (χ0v) is 10.8. The van der Waals surface area contributed by atoms with Crippen molar-refractivity contribution in [3.05, 3.63) is 36.4 Å². The molecule has 0 fully saturated rings. The predicted molar refractivity (Wildman–Crippen MR) is 75.4 cm³/mol. The largest absolute Gasteiger partial charge is 0.384 e. The first-order chi connectivity index (χ1) is 8.70. The van der Waals surface area contributed by atoms with Gasteiger partial charge in [0.05, 0.1) is 0 Å². The Hall–Kier alpha value is -2.10. The van der Waals surface area contributed by atoms with Crippen LogP contribution in [-0.2, 0) is 0 Å². The summed E-state index contributed by atoms with van der Waals surface area (Å²) in [5.74, 6) is 2.04. The molecule has 0 saturated heterocycles. The molecule has 0 aliphatic rings. The van der Waals surface area contributed by atoms with Crippen molar-refractivity contribution in [3.63, 3.8) is 0 Å². The summed E-state index contributed by atoms with van der Waals surface area (Å²) < 4.78 is 0. The van der Waals surface area contributed by atoms with Crippen LogP contribution in [-0.4, -0.2) is 23.6 Å². The van der Waals surface area contributed by atoms with E-state index in [4.69, 9.17) is 5.73 Å². The van der Waals surface area contributed by atoms with Gasteiger partial charge in [-0.3, -0.25) is 0 Å². The molecule has 0 aliphatic heterocycles. The number of rotatable bonds is 4. The lowest BCUT2D eigenvalue weighted by Gasteiger charge is -2.18. The zero-order chi connectivity index (χ0) is 13.0. The third kappa shape index (κ3) is 2.77. The van der Waals surface area contributed by atoms with Crippen LogP contribution in [0.3, 0.4) is 0 Å². The highest BCUT2D eigenvalue weighted by Crippen LogP contribution is 2.20. The number of nitrogens with two attached hydrogens (primary N) is 1. The van der Waals surface area contributed by atoms with Crippen molar-refractivity contribution in [2.75, 3.05) is 24.2 Å². The van der Waals surface area contributed by atoms with E-state index in [9.17, 15) is 0 Å². The molecule has 0 amide bonds. The number of aromatic nitrogens is 2. The molecule has 1 aromatic carbocycles. The minimum absolute atomic E-state index is 0.502. The van der Waals surface area contributed by atoms with Crippen LogP contribution in [0.4, 0.5) is 11.6 Å². The Balaban J connectivity index is 2.38. The summed E-state index contributed by atoms with van der Waals surface area (Å²) >= 11 is 0. The fourth-order valence-corrected chi connectivity index (χ4v) is 1.81. The van der Waals surface area contributed by atoms with Crippen LogP contribution in [0.15, 0.2) is 36.4 Å². The van der Waals surface area contributed by atoms with Crippen molar-refractivity contribution in [2.45, 2.75) is 13.3 Å². The maximum atomic E-state index is 5.85. The first-order valence-corrected chi connectivity index (χ1v) is 6.12. The third-order valence-electron chi connectivity index (χ3n) is 2.71. The van der Waals surface area contributed by atoms with Gasteiger partial charge in [-0.2, -0.15) is 0 Å². The quantitative estimate of drug-likeness (QED) is 0.895. The van der Waals surface area contributed by atoms with Gasteiger partial charge in [0.25, 0.3) is 0 Å². The number of benzene rings is 1. The molecule has 0 bridgehead atoms. The minimum atomic E-state index is 0.502. The molecular weight excluding hydrogens is 224 g/mol. The van der Waals surface area contributed by atoms with E-state index in [0.29, 0.717) is 11.6 Å². The van der Waals surface area contributed by atoms with Gasteiger partial charge in [-0.15, -0.1) is 0 Å². The lowest BCUT2D eigenvalue weighted by atomic mass is 10.2. The lowest BCUT2D eigenvalue weighted by Crippen LogP contribution is -2.19. The molecule has 1 aromatic heterocycles. The first-order valence-electron chi connectivity index (χ1n) is 6.12. The Morgan fingerprint density at radius 3 is 2.56 bits per heavy atom. The smallest absolute Gasteiger partial charge is 0.163 e. The summed E-state index contributed by atoms with van der Waals surface area (Å²) in [5, 5.41) is 0. The molecule has 2 N–H and O–H groups in total. The van der Waals surface area contributed by atoms with Crippen LogP contribution >= 0.6 is 0 Å². The second-order valence-corrected chi connectivity index (χ2v) is 4.26. The van der Waals surface area contributed by atoms with Gasteiger partial charge >= 0.3 is 0 Å². The highest BCUT2D eigenvalue weighted by molar-refractivity contribution is 5.60. The predicted octanol–water partition coefficient (Wildman–Crippen LogP) is 2.57. The van der Waals surface area contributed by atoms with E-state index in [2.05, 4.69) is 21.8 Å². The third-order valence-corrected chi connectivity index (χ3v) is 2.71. The Morgan fingerprint density at radius 2 is 1.89 bits per heavy atom. The fourth-order valence-electron chi connectivity index (χ4n) is 1.81. The molecule has 1 heterocycles. The molecule has 0 atom stereocenters. The van der Waals surface area contributed by atoms with Crippen molar-refractivity contribution in [2.24, 2.45) is 0 Å². The van der Waals surface area contributed by atoms with Gasteiger partial charge in [-0.25, -0.2) is 9.97 Å². The van der Waals surface area contributed by atoms with Crippen molar-refractivity contribution in [3.8, 4) is 11.4 Å². The monoisotopic (exact) mass is 242 g/mol. The molecule has 18 heavy (non-hydrogen) atoms. The van der Waals surface area contributed by atoms with Gasteiger partial charge in [0, 0.05) is 25.2 Å². The average molecular weight is 242 g/mol. The molecule has 0 saturated carbocycles. The van der Waals surface area contributed by atoms with Crippen LogP contribution in [0.25, 0.3) is 11.4 Å². The summed E-state index contributed by atoms with van der Waals surface area (Å²) in [6.45, 7) is 3.09. The normalized spacial score (nSPS) is 10.3. The molecular formula is C14H18N4. The van der Waals surface area contributed by atoms with E-state index in [1.807, 2.05) is 43.4 Å². The van der Waals surface area contributed by atoms with Gasteiger partial charge in [0.15, 0.2) is 5.82 Å². The Bertz CT molecular complexity index is 510. The average Bonchev–Trinajstić information content (AvgIpc) is 2.39. The van der Waals surface area contributed by atoms with Gasteiger partial charge in [0.2, 0.25) is 0 Å². The number of hydrogen-bond donors (Lipinski definition) is 1. The molecule has 0 aliphatic carbocycles. The van der Waals surface area contributed by atoms with Crippen LogP contribution in [0, 0.1) is 0 Å². The van der Waals surface area contributed by atoms with Crippen LogP contribution < -0.4 is 10.6 Å². The van der Waals surface area contributed by atoms with Crippen molar-refractivity contribution in [1.82, 2.24) is 9.97 Å². The topological polar surface area (TPSA) is 55.0 Å². The second kappa shape index (κ2) is 5.49. The summed E-state index contributed by atoms with van der Waals surface area (Å²) in [6.07, 6.45) is 1.07. The summed E-state index contributed by atoms with van der Waals surface area (Å²) in [6, 6.07) is 11.7. The van der Waals surface area contributed by atoms with Gasteiger partial charge in [-0.1, -0.05) is 37.3 Å². The second-order valence-electron chi connectivity index (χ2n) is 4.26. The van der Waals surface area contributed by atoms with Crippen LogP contribution in [0.2, 0.25) is 0 Å². The van der Waals surface area contributed by atoms with Gasteiger partial charge < -0.3 is 10.6 Å². The Labute approximate surface area is 107 Å². The van der Waals surface area contributed by atoms with Crippen LogP contribution in [0.1, 0.15) is 13.3 Å². The summed E-state index contributed by atoms with van der Waals surface area (Å²) in [7, 11) is 2.01.